The number of benzene rings is 1. The number of nitrogens with zero attached hydrogens (tertiary/aromatic N) is 3. The number of rotatable bonds is 6. The molecular formula is C16H18N4O2S2. The van der Waals surface area contributed by atoms with Crippen LogP contribution in [0.15, 0.2) is 46.8 Å². The summed E-state index contributed by atoms with van der Waals surface area (Å²) in [6.07, 6.45) is 1.55. The molecule has 2 aromatic heterocycles. The Morgan fingerprint density at radius 1 is 1.25 bits per heavy atom. The maximum atomic E-state index is 12.4. The van der Waals surface area contributed by atoms with Crippen LogP contribution < -0.4 is 4.72 Å². The summed E-state index contributed by atoms with van der Waals surface area (Å²) >= 11 is 1.50. The highest BCUT2D eigenvalue weighted by Crippen LogP contribution is 2.23. The van der Waals surface area contributed by atoms with Crippen LogP contribution in [-0.4, -0.2) is 23.2 Å². The molecule has 6 nitrogen and oxygen atoms in total. The van der Waals surface area contributed by atoms with Crippen molar-refractivity contribution in [1.82, 2.24) is 19.5 Å². The lowest BCUT2D eigenvalue weighted by Crippen LogP contribution is -2.23. The predicted molar refractivity (Wildman–Crippen MR) is 94.2 cm³/mol. The first kappa shape index (κ1) is 16.8. The van der Waals surface area contributed by atoms with Gasteiger partial charge in [0, 0.05) is 23.7 Å². The highest BCUT2D eigenvalue weighted by Gasteiger charge is 2.20. The lowest BCUT2D eigenvalue weighted by Gasteiger charge is -2.03. The molecule has 0 amide bonds. The molecule has 2 heterocycles. The van der Waals surface area contributed by atoms with Crippen LogP contribution in [0, 0.1) is 6.92 Å². The van der Waals surface area contributed by atoms with Gasteiger partial charge in [-0.25, -0.2) is 18.1 Å². The van der Waals surface area contributed by atoms with Crippen LogP contribution in [0.25, 0.3) is 10.6 Å². The molecule has 0 saturated carbocycles. The van der Waals surface area contributed by atoms with Crippen LogP contribution >= 0.6 is 11.3 Å². The highest BCUT2D eigenvalue weighted by atomic mass is 32.2. The molecule has 0 fully saturated rings. The van der Waals surface area contributed by atoms with Crippen molar-refractivity contribution in [2.75, 3.05) is 0 Å². The molecule has 0 spiro atoms. The van der Waals surface area contributed by atoms with Crippen LogP contribution in [-0.2, 0) is 23.1 Å². The van der Waals surface area contributed by atoms with E-state index in [2.05, 4.69) is 14.8 Å². The van der Waals surface area contributed by atoms with Gasteiger partial charge in [0.15, 0.2) is 0 Å². The minimum atomic E-state index is -3.60. The molecule has 0 aliphatic heterocycles. The van der Waals surface area contributed by atoms with E-state index in [-0.39, 0.29) is 11.4 Å². The van der Waals surface area contributed by atoms with Gasteiger partial charge in [-0.2, -0.15) is 5.10 Å². The Labute approximate surface area is 145 Å². The zero-order valence-corrected chi connectivity index (χ0v) is 15.1. The van der Waals surface area contributed by atoms with Crippen LogP contribution in [0.4, 0.5) is 0 Å². The molecule has 0 unspecified atom stereocenters. The quantitative estimate of drug-likeness (QED) is 0.731. The van der Waals surface area contributed by atoms with Gasteiger partial charge in [-0.3, -0.25) is 4.68 Å². The van der Waals surface area contributed by atoms with Gasteiger partial charge in [0.05, 0.1) is 17.9 Å². The van der Waals surface area contributed by atoms with E-state index in [0.717, 1.165) is 10.6 Å². The molecule has 0 aliphatic rings. The van der Waals surface area contributed by atoms with Crippen molar-refractivity contribution in [3.63, 3.8) is 0 Å². The van der Waals surface area contributed by atoms with Crippen molar-refractivity contribution in [1.29, 1.82) is 0 Å². The monoisotopic (exact) mass is 362 g/mol. The molecule has 3 rings (SSSR count). The van der Waals surface area contributed by atoms with Crippen molar-refractivity contribution in [3.05, 3.63) is 53.3 Å². The zero-order valence-electron chi connectivity index (χ0n) is 13.4. The Kier molecular flexibility index (Phi) is 4.79. The normalized spacial score (nSPS) is 11.8. The van der Waals surface area contributed by atoms with E-state index in [0.29, 0.717) is 17.9 Å². The fourth-order valence-corrected chi connectivity index (χ4v) is 4.28. The van der Waals surface area contributed by atoms with Crippen LogP contribution in [0.1, 0.15) is 18.3 Å². The summed E-state index contributed by atoms with van der Waals surface area (Å²) in [7, 11) is -3.60. The van der Waals surface area contributed by atoms with Gasteiger partial charge in [0.1, 0.15) is 9.90 Å². The van der Waals surface area contributed by atoms with Gasteiger partial charge in [-0.1, -0.05) is 30.3 Å². The molecule has 0 saturated heterocycles. The average molecular weight is 362 g/mol. The van der Waals surface area contributed by atoms with Crippen molar-refractivity contribution < 1.29 is 8.42 Å². The van der Waals surface area contributed by atoms with E-state index in [1.807, 2.05) is 42.6 Å². The largest absolute Gasteiger partial charge is 0.271 e. The summed E-state index contributed by atoms with van der Waals surface area (Å²) in [6.45, 7) is 4.39. The van der Waals surface area contributed by atoms with E-state index in [9.17, 15) is 8.42 Å². The second-order valence-corrected chi connectivity index (χ2v) is 7.86. The number of thiazole rings is 1. The lowest BCUT2D eigenvalue weighted by atomic mass is 10.2. The third-order valence-electron chi connectivity index (χ3n) is 3.53. The summed E-state index contributed by atoms with van der Waals surface area (Å²) < 4.78 is 29.1. The second kappa shape index (κ2) is 6.84. The van der Waals surface area contributed by atoms with Crippen LogP contribution in [0.5, 0.6) is 0 Å². The first-order chi connectivity index (χ1) is 11.5. The van der Waals surface area contributed by atoms with E-state index >= 15 is 0 Å². The fraction of sp³-hybridized carbons (Fsp3) is 0.250. The van der Waals surface area contributed by atoms with E-state index in [1.54, 1.807) is 17.8 Å². The van der Waals surface area contributed by atoms with Gasteiger partial charge in [0.2, 0.25) is 10.0 Å². The van der Waals surface area contributed by atoms with Crippen molar-refractivity contribution in [3.8, 4) is 10.6 Å². The molecule has 0 atom stereocenters. The van der Waals surface area contributed by atoms with E-state index in [4.69, 9.17) is 0 Å². The number of aryl methyl sites for hydroxylation is 2. The molecule has 8 heteroatoms. The standard InChI is InChI=1S/C16H18N4O2S2/c1-3-20-10-15(12(2)19-20)24(21,22)17-9-14-11-23-16(18-14)13-7-5-4-6-8-13/h4-8,10-11,17H,3,9H2,1-2H3. The molecule has 0 bridgehead atoms. The summed E-state index contributed by atoms with van der Waals surface area (Å²) in [6, 6.07) is 9.82. The Hall–Kier alpha value is -2.03. The second-order valence-electron chi connectivity index (χ2n) is 5.27. The van der Waals surface area contributed by atoms with Crippen LogP contribution in [0.3, 0.4) is 0 Å². The number of aromatic nitrogens is 3. The van der Waals surface area contributed by atoms with Gasteiger partial charge >= 0.3 is 0 Å². The maximum absolute atomic E-state index is 12.4. The van der Waals surface area contributed by atoms with Crippen molar-refractivity contribution in [2.24, 2.45) is 0 Å². The third-order valence-corrected chi connectivity index (χ3v) is 5.98. The minimum absolute atomic E-state index is 0.155. The van der Waals surface area contributed by atoms with Gasteiger partial charge in [0.25, 0.3) is 0 Å². The van der Waals surface area contributed by atoms with Gasteiger partial charge < -0.3 is 0 Å². The minimum Gasteiger partial charge on any atom is -0.271 e. The zero-order chi connectivity index (χ0) is 17.2. The smallest absolute Gasteiger partial charge is 0.244 e. The highest BCUT2D eigenvalue weighted by molar-refractivity contribution is 7.89. The Morgan fingerprint density at radius 2 is 2.00 bits per heavy atom. The fourth-order valence-electron chi connectivity index (χ4n) is 2.27. The summed E-state index contributed by atoms with van der Waals surface area (Å²) in [5.41, 5.74) is 2.22. The number of hydrogen-bond acceptors (Lipinski definition) is 5. The number of hydrogen-bond donors (Lipinski definition) is 1. The Bertz CT molecular complexity index is 930. The first-order valence-electron chi connectivity index (χ1n) is 7.53. The van der Waals surface area contributed by atoms with Crippen molar-refractivity contribution in [2.45, 2.75) is 31.8 Å². The number of nitrogens with one attached hydrogen (secondary N) is 1. The Morgan fingerprint density at radius 3 is 2.67 bits per heavy atom. The summed E-state index contributed by atoms with van der Waals surface area (Å²) in [5, 5.41) is 6.92. The summed E-state index contributed by atoms with van der Waals surface area (Å²) in [5.74, 6) is 0. The molecule has 0 radical (unpaired) electrons. The molecule has 24 heavy (non-hydrogen) atoms. The Balaban J connectivity index is 1.73. The topological polar surface area (TPSA) is 76.9 Å². The molecular weight excluding hydrogens is 344 g/mol. The van der Waals surface area contributed by atoms with Crippen molar-refractivity contribution >= 4 is 21.4 Å². The lowest BCUT2D eigenvalue weighted by molar-refractivity contribution is 0.579. The molecule has 1 N–H and O–H groups in total. The average Bonchev–Trinajstić information content (AvgIpc) is 3.20. The first-order valence-corrected chi connectivity index (χ1v) is 9.89. The molecule has 126 valence electrons. The third kappa shape index (κ3) is 3.55. The number of sulfonamides is 1. The molecule has 0 aliphatic carbocycles. The van der Waals surface area contributed by atoms with Crippen LogP contribution in [0.2, 0.25) is 0 Å². The van der Waals surface area contributed by atoms with Gasteiger partial charge in [-0.15, -0.1) is 11.3 Å². The maximum Gasteiger partial charge on any atom is 0.244 e. The molecule has 1 aromatic carbocycles. The van der Waals surface area contributed by atoms with E-state index in [1.165, 1.54) is 11.3 Å². The SMILES string of the molecule is CCn1cc(S(=O)(=O)NCc2csc(-c3ccccc3)n2)c(C)n1. The predicted octanol–water partition coefficient (Wildman–Crippen LogP) is 2.81. The molecule has 3 aromatic rings. The van der Waals surface area contributed by atoms with E-state index < -0.39 is 10.0 Å². The van der Waals surface area contributed by atoms with Gasteiger partial charge in [-0.05, 0) is 13.8 Å². The summed E-state index contributed by atoms with van der Waals surface area (Å²) in [4.78, 5) is 4.70.